The van der Waals surface area contributed by atoms with E-state index in [2.05, 4.69) is 10.3 Å². The van der Waals surface area contributed by atoms with E-state index in [1.165, 1.54) is 0 Å². The number of pyridine rings is 1. The summed E-state index contributed by atoms with van der Waals surface area (Å²) in [6.07, 6.45) is 4.02. The topological polar surface area (TPSA) is 34.1 Å². The van der Waals surface area contributed by atoms with Crippen molar-refractivity contribution in [2.24, 2.45) is 5.92 Å². The zero-order valence-corrected chi connectivity index (χ0v) is 10.2. The van der Waals surface area contributed by atoms with Crippen LogP contribution in [0.15, 0.2) is 18.3 Å². The molecule has 1 aliphatic carbocycles. The second-order valence-electron chi connectivity index (χ2n) is 4.24. The van der Waals surface area contributed by atoms with E-state index in [1.807, 2.05) is 12.1 Å². The second-order valence-corrected chi connectivity index (χ2v) is 4.85. The second kappa shape index (κ2) is 5.51. The SMILES string of the molecule is COc1ncccc1CNCC1CC(Cl)C1. The van der Waals surface area contributed by atoms with Gasteiger partial charge in [0.1, 0.15) is 0 Å². The molecule has 1 heterocycles. The molecular formula is C12H17ClN2O. The molecule has 4 heteroatoms. The molecule has 1 saturated carbocycles. The van der Waals surface area contributed by atoms with Crippen molar-refractivity contribution < 1.29 is 4.74 Å². The zero-order chi connectivity index (χ0) is 11.4. The van der Waals surface area contributed by atoms with E-state index >= 15 is 0 Å². The Labute approximate surface area is 101 Å². The highest BCUT2D eigenvalue weighted by molar-refractivity contribution is 6.21. The highest BCUT2D eigenvalue weighted by Crippen LogP contribution is 2.31. The predicted octanol–water partition coefficient (Wildman–Crippen LogP) is 2.20. The van der Waals surface area contributed by atoms with Gasteiger partial charge in [0.25, 0.3) is 0 Å². The van der Waals surface area contributed by atoms with Gasteiger partial charge in [-0.2, -0.15) is 0 Å². The van der Waals surface area contributed by atoms with E-state index in [0.29, 0.717) is 11.3 Å². The van der Waals surface area contributed by atoms with Crippen LogP contribution in [0.4, 0.5) is 0 Å². The number of alkyl halides is 1. The molecule has 3 nitrogen and oxygen atoms in total. The van der Waals surface area contributed by atoms with E-state index in [4.69, 9.17) is 16.3 Å². The van der Waals surface area contributed by atoms with Gasteiger partial charge in [-0.15, -0.1) is 11.6 Å². The molecule has 1 aromatic heterocycles. The lowest BCUT2D eigenvalue weighted by molar-refractivity contribution is 0.307. The maximum absolute atomic E-state index is 5.93. The van der Waals surface area contributed by atoms with Crippen LogP contribution in [-0.4, -0.2) is 24.0 Å². The molecule has 0 amide bonds. The smallest absolute Gasteiger partial charge is 0.217 e. The van der Waals surface area contributed by atoms with Gasteiger partial charge in [0, 0.05) is 23.7 Å². The Kier molecular flexibility index (Phi) is 4.02. The number of hydrogen-bond donors (Lipinski definition) is 1. The summed E-state index contributed by atoms with van der Waals surface area (Å²) >= 11 is 5.93. The molecule has 0 aromatic carbocycles. The first-order valence-electron chi connectivity index (χ1n) is 5.62. The van der Waals surface area contributed by atoms with Crippen molar-refractivity contribution in [3.8, 4) is 5.88 Å². The van der Waals surface area contributed by atoms with Gasteiger partial charge in [-0.1, -0.05) is 6.07 Å². The molecule has 0 aliphatic heterocycles. The quantitative estimate of drug-likeness (QED) is 0.802. The third-order valence-electron chi connectivity index (χ3n) is 2.97. The van der Waals surface area contributed by atoms with Crippen molar-refractivity contribution in [1.29, 1.82) is 0 Å². The first-order valence-corrected chi connectivity index (χ1v) is 6.06. The third kappa shape index (κ3) is 2.86. The molecular weight excluding hydrogens is 224 g/mol. The number of nitrogens with zero attached hydrogens (tertiary/aromatic N) is 1. The average Bonchev–Trinajstić information content (AvgIpc) is 2.27. The largest absolute Gasteiger partial charge is 0.481 e. The van der Waals surface area contributed by atoms with E-state index in [0.717, 1.165) is 37.4 Å². The predicted molar refractivity (Wildman–Crippen MR) is 64.9 cm³/mol. The fourth-order valence-corrected chi connectivity index (χ4v) is 2.48. The fraction of sp³-hybridized carbons (Fsp3) is 0.583. The monoisotopic (exact) mass is 240 g/mol. The minimum atomic E-state index is 0.403. The van der Waals surface area contributed by atoms with Gasteiger partial charge < -0.3 is 10.1 Å². The summed E-state index contributed by atoms with van der Waals surface area (Å²) in [6, 6.07) is 3.96. The van der Waals surface area contributed by atoms with Crippen molar-refractivity contribution in [1.82, 2.24) is 10.3 Å². The van der Waals surface area contributed by atoms with Crippen LogP contribution in [0.1, 0.15) is 18.4 Å². The van der Waals surface area contributed by atoms with Crippen molar-refractivity contribution in [2.45, 2.75) is 24.8 Å². The highest BCUT2D eigenvalue weighted by atomic mass is 35.5. The Morgan fingerprint density at radius 2 is 2.38 bits per heavy atom. The van der Waals surface area contributed by atoms with Gasteiger partial charge in [-0.3, -0.25) is 0 Å². The Hall–Kier alpha value is -0.800. The standard InChI is InChI=1S/C12H17ClN2O/c1-16-12-10(3-2-4-15-12)8-14-7-9-5-11(13)6-9/h2-4,9,11,14H,5-8H2,1H3. The summed E-state index contributed by atoms with van der Waals surface area (Å²) in [5, 5.41) is 3.82. The summed E-state index contributed by atoms with van der Waals surface area (Å²) in [5.41, 5.74) is 1.10. The van der Waals surface area contributed by atoms with Crippen LogP contribution in [-0.2, 0) is 6.54 Å². The summed E-state index contributed by atoms with van der Waals surface area (Å²) in [7, 11) is 1.65. The van der Waals surface area contributed by atoms with Crippen molar-refractivity contribution >= 4 is 11.6 Å². The number of rotatable bonds is 5. The maximum Gasteiger partial charge on any atom is 0.217 e. The third-order valence-corrected chi connectivity index (χ3v) is 3.33. The first kappa shape index (κ1) is 11.7. The summed E-state index contributed by atoms with van der Waals surface area (Å²) in [4.78, 5) is 4.16. The molecule has 1 aromatic rings. The van der Waals surface area contributed by atoms with Crippen LogP contribution >= 0.6 is 11.6 Å². The average molecular weight is 241 g/mol. The molecule has 1 fully saturated rings. The Bertz CT molecular complexity index is 340. The Morgan fingerprint density at radius 1 is 1.56 bits per heavy atom. The van der Waals surface area contributed by atoms with Crippen LogP contribution in [0.3, 0.4) is 0 Å². The lowest BCUT2D eigenvalue weighted by atomic mass is 9.85. The van der Waals surface area contributed by atoms with Gasteiger partial charge in [0.2, 0.25) is 5.88 Å². The van der Waals surface area contributed by atoms with Crippen LogP contribution < -0.4 is 10.1 Å². The van der Waals surface area contributed by atoms with Crippen LogP contribution in [0.25, 0.3) is 0 Å². The molecule has 0 radical (unpaired) electrons. The Morgan fingerprint density at radius 3 is 3.06 bits per heavy atom. The molecule has 0 spiro atoms. The van der Waals surface area contributed by atoms with Crippen LogP contribution in [0.5, 0.6) is 5.88 Å². The maximum atomic E-state index is 5.93. The molecule has 0 bridgehead atoms. The van der Waals surface area contributed by atoms with E-state index in [-0.39, 0.29) is 0 Å². The minimum Gasteiger partial charge on any atom is -0.481 e. The number of nitrogens with one attached hydrogen (secondary N) is 1. The van der Waals surface area contributed by atoms with E-state index in [9.17, 15) is 0 Å². The van der Waals surface area contributed by atoms with Gasteiger partial charge in [0.05, 0.1) is 7.11 Å². The van der Waals surface area contributed by atoms with Gasteiger partial charge in [0.15, 0.2) is 0 Å². The number of ether oxygens (including phenoxy) is 1. The number of aromatic nitrogens is 1. The molecule has 0 unspecified atom stereocenters. The van der Waals surface area contributed by atoms with Crippen LogP contribution in [0, 0.1) is 5.92 Å². The number of hydrogen-bond acceptors (Lipinski definition) is 3. The molecule has 16 heavy (non-hydrogen) atoms. The van der Waals surface area contributed by atoms with E-state index in [1.54, 1.807) is 13.3 Å². The van der Waals surface area contributed by atoms with Crippen molar-refractivity contribution in [2.75, 3.05) is 13.7 Å². The first-order chi connectivity index (χ1) is 7.79. The zero-order valence-electron chi connectivity index (χ0n) is 9.45. The number of methoxy groups -OCH3 is 1. The van der Waals surface area contributed by atoms with E-state index < -0.39 is 0 Å². The molecule has 1 N–H and O–H groups in total. The lowest BCUT2D eigenvalue weighted by Gasteiger charge is -2.31. The molecule has 2 rings (SSSR count). The molecule has 1 aliphatic rings. The van der Waals surface area contributed by atoms with Crippen LogP contribution in [0.2, 0.25) is 0 Å². The van der Waals surface area contributed by atoms with Gasteiger partial charge in [-0.25, -0.2) is 4.98 Å². The fourth-order valence-electron chi connectivity index (χ4n) is 1.97. The van der Waals surface area contributed by atoms with Gasteiger partial charge >= 0.3 is 0 Å². The van der Waals surface area contributed by atoms with Crippen molar-refractivity contribution in [3.63, 3.8) is 0 Å². The normalized spacial score (nSPS) is 23.9. The highest BCUT2D eigenvalue weighted by Gasteiger charge is 2.26. The number of halogens is 1. The van der Waals surface area contributed by atoms with Crippen molar-refractivity contribution in [3.05, 3.63) is 23.9 Å². The molecule has 0 atom stereocenters. The summed E-state index contributed by atoms with van der Waals surface area (Å²) in [5.74, 6) is 1.45. The summed E-state index contributed by atoms with van der Waals surface area (Å²) < 4.78 is 5.19. The molecule has 88 valence electrons. The Balaban J connectivity index is 1.76. The lowest BCUT2D eigenvalue weighted by Crippen LogP contribution is -2.33. The molecule has 0 saturated heterocycles. The van der Waals surface area contributed by atoms with Gasteiger partial charge in [-0.05, 0) is 31.4 Å². The minimum absolute atomic E-state index is 0.403. The summed E-state index contributed by atoms with van der Waals surface area (Å²) in [6.45, 7) is 1.84.